The fourth-order valence-corrected chi connectivity index (χ4v) is 2.31. The Morgan fingerprint density at radius 3 is 2.38 bits per heavy atom. The first-order valence-corrected chi connectivity index (χ1v) is 8.05. The highest BCUT2D eigenvalue weighted by Gasteiger charge is 2.33. The van der Waals surface area contributed by atoms with Crippen LogP contribution in [0.5, 0.6) is 0 Å². The fourth-order valence-electron chi connectivity index (χ4n) is 2.08. The Hall–Kier alpha value is -1.76. The molecule has 1 N–H and O–H groups in total. The van der Waals surface area contributed by atoms with E-state index in [2.05, 4.69) is 5.32 Å². The minimum atomic E-state index is -4.64. The van der Waals surface area contributed by atoms with Gasteiger partial charge in [-0.3, -0.25) is 9.59 Å². The van der Waals surface area contributed by atoms with Gasteiger partial charge in [0.1, 0.15) is 0 Å². The lowest BCUT2D eigenvalue weighted by molar-refractivity contribution is -0.143. The lowest BCUT2D eigenvalue weighted by Crippen LogP contribution is -2.40. The Kier molecular flexibility index (Phi) is 7.54. The quantitative estimate of drug-likeness (QED) is 0.763. The van der Waals surface area contributed by atoms with E-state index in [1.165, 1.54) is 11.0 Å². The summed E-state index contributed by atoms with van der Waals surface area (Å²) < 4.78 is 38.5. The number of nitrogens with zero attached hydrogens (tertiary/aromatic N) is 1. The Bertz CT molecular complexity index is 591. The van der Waals surface area contributed by atoms with Gasteiger partial charge in [0.05, 0.1) is 10.6 Å². The summed E-state index contributed by atoms with van der Waals surface area (Å²) in [4.78, 5) is 25.6. The number of carbonyl (C=O) groups excluding carboxylic acids is 2. The van der Waals surface area contributed by atoms with Gasteiger partial charge in [0.25, 0.3) is 0 Å². The molecule has 0 bridgehead atoms. The van der Waals surface area contributed by atoms with Crippen LogP contribution in [0.2, 0.25) is 5.02 Å². The number of rotatable bonds is 6. The number of alkyl halides is 3. The number of unbranched alkanes of at least 4 members (excludes halogenated alkanes) is 1. The van der Waals surface area contributed by atoms with Crippen LogP contribution in [-0.2, 0) is 15.8 Å². The summed E-state index contributed by atoms with van der Waals surface area (Å²) in [6.07, 6.45) is -2.35. The van der Waals surface area contributed by atoms with Crippen LogP contribution < -0.4 is 5.32 Å². The normalized spacial score (nSPS) is 11.2. The van der Waals surface area contributed by atoms with Gasteiger partial charge in [0.15, 0.2) is 0 Å². The van der Waals surface area contributed by atoms with Crippen LogP contribution in [0, 0.1) is 0 Å². The van der Waals surface area contributed by atoms with Crippen molar-refractivity contribution >= 4 is 29.1 Å². The van der Waals surface area contributed by atoms with Crippen molar-refractivity contribution in [1.82, 2.24) is 4.90 Å². The number of amides is 2. The summed E-state index contributed by atoms with van der Waals surface area (Å²) in [5.74, 6) is -1.72. The third-order valence-electron chi connectivity index (χ3n) is 3.29. The van der Waals surface area contributed by atoms with E-state index in [1.807, 2.05) is 13.8 Å². The molecule has 4 nitrogen and oxygen atoms in total. The summed E-state index contributed by atoms with van der Waals surface area (Å²) in [6, 6.07) is 2.97. The molecule has 0 heterocycles. The molecule has 0 saturated carbocycles. The maximum absolute atomic E-state index is 12.8. The van der Waals surface area contributed by atoms with Gasteiger partial charge >= 0.3 is 18.0 Å². The standard InChI is InChI=1S/C16H20ClF3N2O2/c1-3-5-9-22(8-4-2)15(24)14(23)21-11-6-7-13(17)12(10-11)16(18,19)20/h6-7,10H,3-5,8-9H2,1-2H3,(H,21,23). The Morgan fingerprint density at radius 1 is 1.17 bits per heavy atom. The summed E-state index contributed by atoms with van der Waals surface area (Å²) in [6.45, 7) is 4.69. The van der Waals surface area contributed by atoms with Crippen LogP contribution in [-0.4, -0.2) is 29.8 Å². The number of hydrogen-bond acceptors (Lipinski definition) is 2. The highest BCUT2D eigenvalue weighted by molar-refractivity contribution is 6.39. The molecule has 0 spiro atoms. The fraction of sp³-hybridized carbons (Fsp3) is 0.500. The second-order valence-corrected chi connectivity index (χ2v) is 5.70. The van der Waals surface area contributed by atoms with Crippen molar-refractivity contribution in [3.8, 4) is 0 Å². The SMILES string of the molecule is CCCCN(CCC)C(=O)C(=O)Nc1ccc(Cl)c(C(F)(F)F)c1. The third-order valence-corrected chi connectivity index (χ3v) is 3.62. The molecule has 24 heavy (non-hydrogen) atoms. The first kappa shape index (κ1) is 20.3. The van der Waals surface area contributed by atoms with E-state index >= 15 is 0 Å². The summed E-state index contributed by atoms with van der Waals surface area (Å²) >= 11 is 5.52. The van der Waals surface area contributed by atoms with Crippen LogP contribution in [0.15, 0.2) is 18.2 Å². The second-order valence-electron chi connectivity index (χ2n) is 5.29. The predicted octanol–water partition coefficient (Wildman–Crippen LogP) is 4.34. The molecular formula is C16H20ClF3N2O2. The van der Waals surface area contributed by atoms with Gasteiger partial charge in [-0.15, -0.1) is 0 Å². The van der Waals surface area contributed by atoms with Crippen LogP contribution in [0.3, 0.4) is 0 Å². The van der Waals surface area contributed by atoms with Gasteiger partial charge < -0.3 is 10.2 Å². The first-order chi connectivity index (χ1) is 11.2. The number of hydrogen-bond donors (Lipinski definition) is 1. The van der Waals surface area contributed by atoms with Crippen molar-refractivity contribution in [1.29, 1.82) is 0 Å². The number of anilines is 1. The number of benzene rings is 1. The van der Waals surface area contributed by atoms with Crippen molar-refractivity contribution in [3.63, 3.8) is 0 Å². The Labute approximate surface area is 144 Å². The monoisotopic (exact) mass is 364 g/mol. The minimum absolute atomic E-state index is 0.128. The van der Waals surface area contributed by atoms with Gasteiger partial charge in [-0.1, -0.05) is 31.9 Å². The molecule has 1 aromatic carbocycles. The third kappa shape index (κ3) is 5.70. The highest BCUT2D eigenvalue weighted by Crippen LogP contribution is 2.36. The van der Waals surface area contributed by atoms with Crippen molar-refractivity contribution in [2.75, 3.05) is 18.4 Å². The van der Waals surface area contributed by atoms with Crippen LogP contribution in [0.4, 0.5) is 18.9 Å². The molecule has 0 aliphatic heterocycles. The minimum Gasteiger partial charge on any atom is -0.334 e. The highest BCUT2D eigenvalue weighted by atomic mass is 35.5. The summed E-state index contributed by atoms with van der Waals surface area (Å²) in [5, 5.41) is 1.74. The van der Waals surface area contributed by atoms with Gasteiger partial charge in [-0.2, -0.15) is 13.2 Å². The van der Waals surface area contributed by atoms with Crippen molar-refractivity contribution in [2.45, 2.75) is 39.3 Å². The molecule has 0 atom stereocenters. The molecule has 0 aliphatic rings. The maximum Gasteiger partial charge on any atom is 0.417 e. The Morgan fingerprint density at radius 2 is 1.83 bits per heavy atom. The van der Waals surface area contributed by atoms with Gasteiger partial charge in [-0.05, 0) is 31.0 Å². The predicted molar refractivity (Wildman–Crippen MR) is 86.9 cm³/mol. The van der Waals surface area contributed by atoms with Crippen molar-refractivity contribution < 1.29 is 22.8 Å². The van der Waals surface area contributed by atoms with Gasteiger partial charge in [-0.25, -0.2) is 0 Å². The van der Waals surface area contributed by atoms with E-state index < -0.39 is 28.6 Å². The largest absolute Gasteiger partial charge is 0.417 e. The number of carbonyl (C=O) groups is 2. The second kappa shape index (κ2) is 8.92. The van der Waals surface area contributed by atoms with Gasteiger partial charge in [0, 0.05) is 18.8 Å². The molecule has 134 valence electrons. The molecule has 1 rings (SSSR count). The Balaban J connectivity index is 2.88. The van der Waals surface area contributed by atoms with E-state index in [-0.39, 0.29) is 5.69 Å². The van der Waals surface area contributed by atoms with E-state index in [0.29, 0.717) is 25.6 Å². The lowest BCUT2D eigenvalue weighted by Gasteiger charge is -2.21. The van der Waals surface area contributed by atoms with E-state index in [1.54, 1.807) is 0 Å². The number of halogens is 4. The molecule has 0 saturated heterocycles. The molecule has 2 amide bonds. The van der Waals surface area contributed by atoms with E-state index in [4.69, 9.17) is 11.6 Å². The molecule has 0 unspecified atom stereocenters. The van der Waals surface area contributed by atoms with Gasteiger partial charge in [0.2, 0.25) is 0 Å². The van der Waals surface area contributed by atoms with Crippen LogP contribution in [0.25, 0.3) is 0 Å². The molecule has 0 aromatic heterocycles. The molecule has 1 aromatic rings. The van der Waals surface area contributed by atoms with E-state index in [9.17, 15) is 22.8 Å². The zero-order valence-corrected chi connectivity index (χ0v) is 14.3. The average molecular weight is 365 g/mol. The van der Waals surface area contributed by atoms with Crippen molar-refractivity contribution in [2.24, 2.45) is 0 Å². The van der Waals surface area contributed by atoms with Crippen LogP contribution >= 0.6 is 11.6 Å². The lowest BCUT2D eigenvalue weighted by atomic mass is 10.2. The molecular weight excluding hydrogens is 345 g/mol. The zero-order chi connectivity index (χ0) is 18.3. The zero-order valence-electron chi connectivity index (χ0n) is 13.5. The molecule has 0 fully saturated rings. The molecule has 8 heteroatoms. The first-order valence-electron chi connectivity index (χ1n) is 7.67. The summed E-state index contributed by atoms with van der Waals surface area (Å²) in [5.41, 5.74) is -1.19. The summed E-state index contributed by atoms with van der Waals surface area (Å²) in [7, 11) is 0. The van der Waals surface area contributed by atoms with Crippen molar-refractivity contribution in [3.05, 3.63) is 28.8 Å². The van der Waals surface area contributed by atoms with E-state index in [0.717, 1.165) is 18.9 Å². The smallest absolute Gasteiger partial charge is 0.334 e. The van der Waals surface area contributed by atoms with Crippen LogP contribution in [0.1, 0.15) is 38.7 Å². The number of nitrogens with one attached hydrogen (secondary N) is 1. The molecule has 0 aliphatic carbocycles. The maximum atomic E-state index is 12.8. The average Bonchev–Trinajstić information content (AvgIpc) is 2.51. The molecule has 0 radical (unpaired) electrons. The topological polar surface area (TPSA) is 49.4 Å².